The molecule has 7 nitrogen and oxygen atoms in total. The Morgan fingerprint density at radius 3 is 2.47 bits per heavy atom. The zero-order chi connectivity index (χ0) is 24.3. The fraction of sp³-hybridized carbons (Fsp3) is 0.333. The van der Waals surface area contributed by atoms with E-state index in [1.165, 1.54) is 0 Å². The van der Waals surface area contributed by atoms with Crippen molar-refractivity contribution in [2.24, 2.45) is 7.05 Å². The standard InChI is InChI=1S/C27H32N4O3/c1-27(2,3)34-26(33)29-22(17-20-18-30(4)24-12-8-6-10-21(20)24)25(32)28-14-16-31-15-13-19-9-5-7-11-23(19)31/h5-13,15,18,22H,14,16-17H2,1-4H3,(H,28,32)(H,29,33)/t22-/m0/s1. The average Bonchev–Trinajstić information content (AvgIpc) is 3.33. The van der Waals surface area contributed by atoms with Crippen LogP contribution < -0.4 is 10.6 Å². The Balaban J connectivity index is 1.48. The number of fused-ring (bicyclic) bond motifs is 2. The number of aromatic nitrogens is 2. The summed E-state index contributed by atoms with van der Waals surface area (Å²) >= 11 is 0. The molecule has 0 bridgehead atoms. The van der Waals surface area contributed by atoms with Crippen molar-refractivity contribution >= 4 is 33.8 Å². The van der Waals surface area contributed by atoms with E-state index in [1.54, 1.807) is 20.8 Å². The quantitative estimate of drug-likeness (QED) is 0.430. The molecule has 2 amide bonds. The van der Waals surface area contributed by atoms with Gasteiger partial charge in [0, 0.05) is 55.4 Å². The summed E-state index contributed by atoms with van der Waals surface area (Å²) in [6, 6.07) is 17.5. The molecule has 2 aromatic heterocycles. The first-order valence-corrected chi connectivity index (χ1v) is 11.6. The molecule has 4 rings (SSSR count). The molecule has 0 unspecified atom stereocenters. The predicted molar refractivity (Wildman–Crippen MR) is 135 cm³/mol. The van der Waals surface area contributed by atoms with E-state index in [2.05, 4.69) is 33.4 Å². The van der Waals surface area contributed by atoms with Gasteiger partial charge in [-0.2, -0.15) is 0 Å². The summed E-state index contributed by atoms with van der Waals surface area (Å²) in [5, 5.41) is 8.00. The van der Waals surface area contributed by atoms with Gasteiger partial charge < -0.3 is 24.5 Å². The number of hydrogen-bond donors (Lipinski definition) is 2. The molecule has 0 spiro atoms. The molecule has 178 valence electrons. The summed E-state index contributed by atoms with van der Waals surface area (Å²) in [5.74, 6) is -0.241. The van der Waals surface area contributed by atoms with Gasteiger partial charge in [0.15, 0.2) is 0 Å². The summed E-state index contributed by atoms with van der Waals surface area (Å²) in [5.41, 5.74) is 2.54. The molecule has 4 aromatic rings. The number of benzene rings is 2. The highest BCUT2D eigenvalue weighted by molar-refractivity contribution is 5.88. The average molecular weight is 461 g/mol. The van der Waals surface area contributed by atoms with Crippen molar-refractivity contribution in [3.63, 3.8) is 0 Å². The van der Waals surface area contributed by atoms with Gasteiger partial charge in [-0.25, -0.2) is 4.79 Å². The normalized spacial score (nSPS) is 12.6. The van der Waals surface area contributed by atoms with Gasteiger partial charge in [0.25, 0.3) is 0 Å². The van der Waals surface area contributed by atoms with Crippen LogP contribution in [0.1, 0.15) is 26.3 Å². The van der Waals surface area contributed by atoms with Gasteiger partial charge in [-0.1, -0.05) is 36.4 Å². The Hall–Kier alpha value is -3.74. The molecule has 1 atom stereocenters. The summed E-state index contributed by atoms with van der Waals surface area (Å²) in [6.07, 6.45) is 3.78. The summed E-state index contributed by atoms with van der Waals surface area (Å²) in [7, 11) is 1.98. The maximum Gasteiger partial charge on any atom is 0.408 e. The fourth-order valence-corrected chi connectivity index (χ4v) is 4.23. The van der Waals surface area contributed by atoms with Crippen LogP contribution in [0.15, 0.2) is 67.0 Å². The number of nitrogens with one attached hydrogen (secondary N) is 2. The maximum absolute atomic E-state index is 13.2. The van der Waals surface area contributed by atoms with Crippen LogP contribution in [-0.4, -0.2) is 39.3 Å². The highest BCUT2D eigenvalue weighted by Gasteiger charge is 2.25. The van der Waals surface area contributed by atoms with E-state index in [0.29, 0.717) is 19.5 Å². The number of hydrogen-bond acceptors (Lipinski definition) is 3. The summed E-state index contributed by atoms with van der Waals surface area (Å²) in [6.45, 7) is 6.47. The lowest BCUT2D eigenvalue weighted by molar-refractivity contribution is -0.123. The van der Waals surface area contributed by atoms with Crippen molar-refractivity contribution in [3.8, 4) is 0 Å². The number of nitrogens with zero attached hydrogens (tertiary/aromatic N) is 2. The molecule has 0 aliphatic heterocycles. The van der Waals surface area contributed by atoms with Crippen LogP contribution in [0.3, 0.4) is 0 Å². The second-order valence-corrected chi connectivity index (χ2v) is 9.54. The van der Waals surface area contributed by atoms with Crippen molar-refractivity contribution < 1.29 is 14.3 Å². The van der Waals surface area contributed by atoms with Crippen molar-refractivity contribution in [2.75, 3.05) is 6.54 Å². The molecule has 0 aliphatic carbocycles. The van der Waals surface area contributed by atoms with E-state index >= 15 is 0 Å². The first-order valence-electron chi connectivity index (χ1n) is 11.6. The minimum absolute atomic E-state index is 0.241. The van der Waals surface area contributed by atoms with E-state index in [9.17, 15) is 9.59 Å². The van der Waals surface area contributed by atoms with E-state index < -0.39 is 17.7 Å². The van der Waals surface area contributed by atoms with Crippen LogP contribution in [0.4, 0.5) is 4.79 Å². The van der Waals surface area contributed by atoms with Crippen molar-refractivity contribution in [2.45, 2.75) is 45.4 Å². The van der Waals surface area contributed by atoms with Crippen LogP contribution in [-0.2, 0) is 29.5 Å². The molecule has 0 saturated heterocycles. The molecule has 0 fully saturated rings. The van der Waals surface area contributed by atoms with E-state index in [4.69, 9.17) is 4.74 Å². The second-order valence-electron chi connectivity index (χ2n) is 9.54. The first kappa shape index (κ1) is 23.4. The largest absolute Gasteiger partial charge is 0.444 e. The number of carbonyl (C=O) groups excluding carboxylic acids is 2. The lowest BCUT2D eigenvalue weighted by Gasteiger charge is -2.23. The number of rotatable bonds is 7. The lowest BCUT2D eigenvalue weighted by atomic mass is 10.0. The topological polar surface area (TPSA) is 77.3 Å². The molecule has 2 aromatic carbocycles. The van der Waals surface area contributed by atoms with Crippen LogP contribution in [0.2, 0.25) is 0 Å². The third kappa shape index (κ3) is 5.42. The molecule has 7 heteroatoms. The number of aryl methyl sites for hydroxylation is 1. The molecule has 0 aliphatic rings. The number of alkyl carbamates (subject to hydrolysis) is 1. The zero-order valence-corrected chi connectivity index (χ0v) is 20.2. The number of para-hydroxylation sites is 2. The van der Waals surface area contributed by atoms with Gasteiger partial charge in [0.2, 0.25) is 5.91 Å². The zero-order valence-electron chi connectivity index (χ0n) is 20.2. The number of ether oxygens (including phenoxy) is 1. The number of carbonyl (C=O) groups is 2. The minimum atomic E-state index is -0.762. The third-order valence-electron chi connectivity index (χ3n) is 5.74. The van der Waals surface area contributed by atoms with Crippen LogP contribution in [0.5, 0.6) is 0 Å². The van der Waals surface area contributed by atoms with E-state index in [1.807, 2.05) is 60.4 Å². The predicted octanol–water partition coefficient (Wildman–Crippen LogP) is 4.39. The SMILES string of the molecule is Cn1cc(C[C@H](NC(=O)OC(C)(C)C)C(=O)NCCn2ccc3ccccc32)c2ccccc21. The highest BCUT2D eigenvalue weighted by Crippen LogP contribution is 2.22. The van der Waals surface area contributed by atoms with Crippen LogP contribution >= 0.6 is 0 Å². The molecule has 34 heavy (non-hydrogen) atoms. The van der Waals surface area contributed by atoms with Gasteiger partial charge in [-0.3, -0.25) is 4.79 Å². The molecular formula is C27H32N4O3. The van der Waals surface area contributed by atoms with Gasteiger partial charge in [0.1, 0.15) is 11.6 Å². The minimum Gasteiger partial charge on any atom is -0.444 e. The highest BCUT2D eigenvalue weighted by atomic mass is 16.6. The Morgan fingerprint density at radius 1 is 1.00 bits per heavy atom. The van der Waals surface area contributed by atoms with Crippen LogP contribution in [0, 0.1) is 0 Å². The molecule has 0 saturated carbocycles. The fourth-order valence-electron chi connectivity index (χ4n) is 4.23. The molecule has 2 N–H and O–H groups in total. The van der Waals surface area contributed by atoms with Crippen LogP contribution in [0.25, 0.3) is 21.8 Å². The Kier molecular flexibility index (Phi) is 6.63. The van der Waals surface area contributed by atoms with Crippen molar-refractivity contribution in [1.82, 2.24) is 19.8 Å². The van der Waals surface area contributed by atoms with Gasteiger partial charge in [-0.05, 0) is 49.9 Å². The van der Waals surface area contributed by atoms with E-state index in [0.717, 1.165) is 27.4 Å². The van der Waals surface area contributed by atoms with E-state index in [-0.39, 0.29) is 5.91 Å². The Bertz CT molecular complexity index is 1310. The van der Waals surface area contributed by atoms with Gasteiger partial charge in [0.05, 0.1) is 0 Å². The third-order valence-corrected chi connectivity index (χ3v) is 5.74. The smallest absolute Gasteiger partial charge is 0.408 e. The Labute approximate surface area is 199 Å². The summed E-state index contributed by atoms with van der Waals surface area (Å²) < 4.78 is 9.56. The molecular weight excluding hydrogens is 428 g/mol. The van der Waals surface area contributed by atoms with Gasteiger partial charge in [-0.15, -0.1) is 0 Å². The van der Waals surface area contributed by atoms with Crippen molar-refractivity contribution in [3.05, 3.63) is 72.6 Å². The first-order chi connectivity index (χ1) is 16.2. The summed E-state index contributed by atoms with van der Waals surface area (Å²) in [4.78, 5) is 25.7. The molecule has 2 heterocycles. The second kappa shape index (κ2) is 9.63. The van der Waals surface area contributed by atoms with Crippen molar-refractivity contribution in [1.29, 1.82) is 0 Å². The lowest BCUT2D eigenvalue weighted by Crippen LogP contribution is -2.49. The molecule has 0 radical (unpaired) electrons. The monoisotopic (exact) mass is 460 g/mol. The maximum atomic E-state index is 13.2. The number of amides is 2. The van der Waals surface area contributed by atoms with Gasteiger partial charge >= 0.3 is 6.09 Å². The Morgan fingerprint density at radius 2 is 1.71 bits per heavy atom.